The second-order valence-corrected chi connectivity index (χ2v) is 5.65. The van der Waals surface area contributed by atoms with Crippen molar-refractivity contribution in [2.24, 2.45) is 5.73 Å². The maximum absolute atomic E-state index is 5.83. The first-order chi connectivity index (χ1) is 8.06. The van der Waals surface area contributed by atoms with Gasteiger partial charge in [-0.25, -0.2) is 4.68 Å². The van der Waals surface area contributed by atoms with Gasteiger partial charge in [0.15, 0.2) is 0 Å². The summed E-state index contributed by atoms with van der Waals surface area (Å²) in [6.45, 7) is 4.12. The normalized spacial score (nSPS) is 12.7. The molecule has 1 heterocycles. The smallest absolute Gasteiger partial charge is 0.0677 e. The molecule has 2 N–H and O–H groups in total. The van der Waals surface area contributed by atoms with Gasteiger partial charge in [-0.15, -0.1) is 0 Å². The average Bonchev–Trinajstić information content (AvgIpc) is 2.67. The van der Waals surface area contributed by atoms with Crippen LogP contribution in [0.2, 0.25) is 0 Å². The summed E-state index contributed by atoms with van der Waals surface area (Å²) >= 11 is 2.26. The molecule has 0 spiro atoms. The molecule has 0 aliphatic carbocycles. The molecule has 0 fully saturated rings. The van der Waals surface area contributed by atoms with E-state index >= 15 is 0 Å². The summed E-state index contributed by atoms with van der Waals surface area (Å²) < 4.78 is 3.06. The highest BCUT2D eigenvalue weighted by Gasteiger charge is 2.05. The highest BCUT2D eigenvalue weighted by atomic mass is 127. The Labute approximate surface area is 115 Å². The highest BCUT2D eigenvalue weighted by molar-refractivity contribution is 14.1. The molecule has 0 aliphatic rings. The summed E-state index contributed by atoms with van der Waals surface area (Å²) in [4.78, 5) is 0. The molecule has 3 nitrogen and oxygen atoms in total. The zero-order valence-electron chi connectivity index (χ0n) is 10.0. The monoisotopic (exact) mass is 341 g/mol. The van der Waals surface area contributed by atoms with Crippen LogP contribution >= 0.6 is 22.6 Å². The number of halogens is 1. The Morgan fingerprint density at radius 2 is 2.24 bits per heavy atom. The predicted molar refractivity (Wildman–Crippen MR) is 78.4 cm³/mol. The van der Waals surface area contributed by atoms with Gasteiger partial charge in [0.25, 0.3) is 0 Å². The molecule has 0 radical (unpaired) electrons. The summed E-state index contributed by atoms with van der Waals surface area (Å²) in [6.07, 6.45) is 4.78. The van der Waals surface area contributed by atoms with Crippen LogP contribution in [0.25, 0.3) is 5.69 Å². The maximum Gasteiger partial charge on any atom is 0.0677 e. The number of hydrogen-bond donors (Lipinski definition) is 1. The molecule has 0 bridgehead atoms. The van der Waals surface area contributed by atoms with Crippen molar-refractivity contribution in [3.05, 3.63) is 45.3 Å². The van der Waals surface area contributed by atoms with E-state index in [0.29, 0.717) is 0 Å². The Morgan fingerprint density at radius 1 is 1.47 bits per heavy atom. The second-order valence-electron chi connectivity index (χ2n) is 4.41. The molecule has 1 aromatic heterocycles. The van der Waals surface area contributed by atoms with Crippen LogP contribution < -0.4 is 5.73 Å². The molecule has 1 aromatic carbocycles. The number of aryl methyl sites for hydroxylation is 1. The number of aromatic nitrogens is 2. The molecule has 0 saturated heterocycles. The van der Waals surface area contributed by atoms with Crippen LogP contribution in [0.15, 0.2) is 30.6 Å². The van der Waals surface area contributed by atoms with Crippen molar-refractivity contribution < 1.29 is 0 Å². The third-order valence-corrected chi connectivity index (χ3v) is 3.19. The number of nitrogens with two attached hydrogens (primary N) is 1. The first kappa shape index (κ1) is 12.6. The van der Waals surface area contributed by atoms with Crippen LogP contribution in [-0.2, 0) is 6.42 Å². The van der Waals surface area contributed by atoms with E-state index in [1.807, 2.05) is 24.0 Å². The SMILES string of the molecule is Cc1ccc(CC(C)N)cc1-n1cc(I)cn1. The minimum absolute atomic E-state index is 0.184. The lowest BCUT2D eigenvalue weighted by molar-refractivity contribution is 0.736. The standard InChI is InChI=1S/C13H16IN3/c1-9-3-4-11(5-10(2)15)6-13(9)17-8-12(14)7-16-17/h3-4,6-8,10H,5,15H2,1-2H3. The Balaban J connectivity index is 2.39. The molecule has 17 heavy (non-hydrogen) atoms. The van der Waals surface area contributed by atoms with Gasteiger partial charge in [-0.1, -0.05) is 12.1 Å². The summed E-state index contributed by atoms with van der Waals surface area (Å²) in [6, 6.07) is 6.61. The lowest BCUT2D eigenvalue weighted by atomic mass is 10.0. The maximum atomic E-state index is 5.83. The van der Waals surface area contributed by atoms with Crippen LogP contribution in [0.4, 0.5) is 0 Å². The molecule has 2 rings (SSSR count). The quantitative estimate of drug-likeness (QED) is 0.873. The largest absolute Gasteiger partial charge is 0.328 e. The van der Waals surface area contributed by atoms with Gasteiger partial charge >= 0.3 is 0 Å². The third kappa shape index (κ3) is 3.07. The zero-order valence-corrected chi connectivity index (χ0v) is 12.2. The molecule has 1 unspecified atom stereocenters. The van der Waals surface area contributed by atoms with Crippen LogP contribution in [0.3, 0.4) is 0 Å². The van der Waals surface area contributed by atoms with Crippen molar-refractivity contribution >= 4 is 22.6 Å². The van der Waals surface area contributed by atoms with E-state index < -0.39 is 0 Å². The Kier molecular flexibility index (Phi) is 3.83. The first-order valence-corrected chi connectivity index (χ1v) is 6.70. The van der Waals surface area contributed by atoms with Crippen LogP contribution in [0.1, 0.15) is 18.1 Å². The molecule has 1 atom stereocenters. The van der Waals surface area contributed by atoms with Crippen LogP contribution in [-0.4, -0.2) is 15.8 Å². The number of benzene rings is 1. The number of rotatable bonds is 3. The van der Waals surface area contributed by atoms with Gasteiger partial charge in [-0.3, -0.25) is 0 Å². The first-order valence-electron chi connectivity index (χ1n) is 5.62. The van der Waals surface area contributed by atoms with E-state index in [9.17, 15) is 0 Å². The predicted octanol–water partition coefficient (Wildman–Crippen LogP) is 2.68. The molecular formula is C13H16IN3. The van der Waals surface area contributed by atoms with Gasteiger partial charge in [-0.05, 0) is 60.1 Å². The topological polar surface area (TPSA) is 43.8 Å². The van der Waals surface area contributed by atoms with Gasteiger partial charge < -0.3 is 5.73 Å². The fourth-order valence-electron chi connectivity index (χ4n) is 1.83. The molecule has 2 aromatic rings. The van der Waals surface area contributed by atoms with E-state index in [1.165, 1.54) is 11.1 Å². The van der Waals surface area contributed by atoms with Crippen molar-refractivity contribution in [3.63, 3.8) is 0 Å². The van der Waals surface area contributed by atoms with Gasteiger partial charge in [-0.2, -0.15) is 5.10 Å². The second kappa shape index (κ2) is 5.18. The molecular weight excluding hydrogens is 325 g/mol. The van der Waals surface area contributed by atoms with Crippen molar-refractivity contribution in [3.8, 4) is 5.69 Å². The van der Waals surface area contributed by atoms with E-state index in [0.717, 1.165) is 15.7 Å². The minimum Gasteiger partial charge on any atom is -0.328 e. The molecule has 0 amide bonds. The lowest BCUT2D eigenvalue weighted by Gasteiger charge is -2.10. The Bertz CT molecular complexity index is 517. The number of hydrogen-bond acceptors (Lipinski definition) is 2. The molecule has 0 saturated carbocycles. The van der Waals surface area contributed by atoms with E-state index in [4.69, 9.17) is 5.73 Å². The van der Waals surface area contributed by atoms with Crippen molar-refractivity contribution in [1.29, 1.82) is 0 Å². The summed E-state index contributed by atoms with van der Waals surface area (Å²) in [5, 5.41) is 4.35. The van der Waals surface area contributed by atoms with E-state index in [2.05, 4.69) is 52.8 Å². The highest BCUT2D eigenvalue weighted by Crippen LogP contribution is 2.17. The minimum atomic E-state index is 0.184. The molecule has 90 valence electrons. The van der Waals surface area contributed by atoms with Crippen molar-refractivity contribution in [1.82, 2.24) is 9.78 Å². The summed E-state index contributed by atoms with van der Waals surface area (Å²) in [5.41, 5.74) is 9.44. The van der Waals surface area contributed by atoms with Gasteiger partial charge in [0.2, 0.25) is 0 Å². The number of nitrogens with zero attached hydrogens (tertiary/aromatic N) is 2. The van der Waals surface area contributed by atoms with E-state index in [1.54, 1.807) is 0 Å². The average molecular weight is 341 g/mol. The molecule has 0 aliphatic heterocycles. The third-order valence-electron chi connectivity index (χ3n) is 2.63. The zero-order chi connectivity index (χ0) is 12.4. The van der Waals surface area contributed by atoms with Crippen LogP contribution in [0.5, 0.6) is 0 Å². The summed E-state index contributed by atoms with van der Waals surface area (Å²) in [7, 11) is 0. The lowest BCUT2D eigenvalue weighted by Crippen LogP contribution is -2.18. The van der Waals surface area contributed by atoms with Gasteiger partial charge in [0.05, 0.1) is 15.5 Å². The van der Waals surface area contributed by atoms with Crippen molar-refractivity contribution in [2.45, 2.75) is 26.3 Å². The van der Waals surface area contributed by atoms with Crippen LogP contribution in [0, 0.1) is 10.5 Å². The van der Waals surface area contributed by atoms with Gasteiger partial charge in [0, 0.05) is 12.2 Å². The Morgan fingerprint density at radius 3 is 2.82 bits per heavy atom. The fourth-order valence-corrected chi connectivity index (χ4v) is 2.22. The molecule has 4 heteroatoms. The Hall–Kier alpha value is -0.880. The summed E-state index contributed by atoms with van der Waals surface area (Å²) in [5.74, 6) is 0. The van der Waals surface area contributed by atoms with Crippen molar-refractivity contribution in [2.75, 3.05) is 0 Å². The fraction of sp³-hybridized carbons (Fsp3) is 0.308. The van der Waals surface area contributed by atoms with Gasteiger partial charge in [0.1, 0.15) is 0 Å². The van der Waals surface area contributed by atoms with E-state index in [-0.39, 0.29) is 6.04 Å².